The molecule has 2 aromatic carbocycles. The van der Waals surface area contributed by atoms with Crippen molar-refractivity contribution in [3.63, 3.8) is 0 Å². The number of aliphatic imine (C=N–C) groups is 2. The molecule has 36 heavy (non-hydrogen) atoms. The lowest BCUT2D eigenvalue weighted by Gasteiger charge is -2.32. The minimum absolute atomic E-state index is 0.412. The van der Waals surface area contributed by atoms with Crippen LogP contribution in [-0.2, 0) is 9.31 Å². The van der Waals surface area contributed by atoms with Gasteiger partial charge in [-0.15, -0.1) is 0 Å². The van der Waals surface area contributed by atoms with Crippen LogP contribution in [0.1, 0.15) is 69.6 Å². The minimum Gasteiger partial charge on any atom is -0.399 e. The first kappa shape index (κ1) is 26.0. The molecule has 5 nitrogen and oxygen atoms in total. The maximum absolute atomic E-state index is 6.29. The van der Waals surface area contributed by atoms with Gasteiger partial charge in [0.25, 0.3) is 0 Å². The molecule has 0 atom stereocenters. The third kappa shape index (κ3) is 5.20. The molecule has 0 radical (unpaired) electrons. The Kier molecular flexibility index (Phi) is 7.04. The largest absolute Gasteiger partial charge is 0.497 e. The fourth-order valence-electron chi connectivity index (χ4n) is 4.41. The van der Waals surface area contributed by atoms with Crippen LogP contribution in [0.25, 0.3) is 0 Å². The van der Waals surface area contributed by atoms with Crippen LogP contribution in [0.2, 0.25) is 0 Å². The minimum atomic E-state index is -0.475. The predicted octanol–water partition coefficient (Wildman–Crippen LogP) is 6.59. The molecule has 0 amide bonds. The average molecular weight is 481 g/mol. The Hall–Kier alpha value is -3.09. The second-order valence-electron chi connectivity index (χ2n) is 10.7. The summed E-state index contributed by atoms with van der Waals surface area (Å²) in [5.74, 6) is 0. The van der Waals surface area contributed by atoms with Gasteiger partial charge in [-0.2, -0.15) is 0 Å². The van der Waals surface area contributed by atoms with Gasteiger partial charge >= 0.3 is 7.12 Å². The summed E-state index contributed by atoms with van der Waals surface area (Å²) < 4.78 is 12.6. The number of nitrogens with zero attached hydrogens (tertiary/aromatic N) is 3. The van der Waals surface area contributed by atoms with E-state index in [1.165, 1.54) is 16.7 Å². The molecule has 0 spiro atoms. The van der Waals surface area contributed by atoms with Crippen LogP contribution < -0.4 is 5.46 Å². The normalized spacial score (nSPS) is 17.5. The summed E-state index contributed by atoms with van der Waals surface area (Å²) in [6, 6.07) is 18.3. The van der Waals surface area contributed by atoms with E-state index in [0.717, 1.165) is 39.6 Å². The van der Waals surface area contributed by atoms with E-state index in [1.54, 1.807) is 0 Å². The van der Waals surface area contributed by atoms with Gasteiger partial charge in [-0.3, -0.25) is 9.98 Å². The van der Waals surface area contributed by atoms with Crippen molar-refractivity contribution in [3.05, 3.63) is 82.7 Å². The molecule has 0 saturated carbocycles. The third-order valence-corrected chi connectivity index (χ3v) is 7.14. The summed E-state index contributed by atoms with van der Waals surface area (Å²) in [4.78, 5) is 14.8. The van der Waals surface area contributed by atoms with E-state index in [0.29, 0.717) is 0 Å². The highest BCUT2D eigenvalue weighted by atomic mass is 16.7. The zero-order chi connectivity index (χ0) is 26.3. The molecular weight excluding hydrogens is 445 g/mol. The summed E-state index contributed by atoms with van der Waals surface area (Å²) >= 11 is 0. The molecule has 0 aliphatic carbocycles. The fourth-order valence-corrected chi connectivity index (χ4v) is 4.41. The van der Waals surface area contributed by atoms with Gasteiger partial charge in [0.15, 0.2) is 0 Å². The number of pyridine rings is 1. The van der Waals surface area contributed by atoms with Crippen LogP contribution in [0.4, 0.5) is 11.4 Å². The summed E-state index contributed by atoms with van der Waals surface area (Å²) in [5.41, 5.74) is 8.82. The van der Waals surface area contributed by atoms with Crippen molar-refractivity contribution in [2.24, 2.45) is 9.98 Å². The van der Waals surface area contributed by atoms with E-state index in [1.807, 2.05) is 56.3 Å². The van der Waals surface area contributed by atoms with Gasteiger partial charge in [0.2, 0.25) is 0 Å². The van der Waals surface area contributed by atoms with Gasteiger partial charge in [-0.05, 0) is 91.6 Å². The molecule has 1 aliphatic rings. The highest BCUT2D eigenvalue weighted by Crippen LogP contribution is 2.37. The fraction of sp³-hybridized carbons (Fsp3) is 0.367. The summed E-state index contributed by atoms with van der Waals surface area (Å²) in [5, 5.41) is 0. The van der Waals surface area contributed by atoms with Crippen LogP contribution in [0.3, 0.4) is 0 Å². The van der Waals surface area contributed by atoms with E-state index in [9.17, 15) is 0 Å². The van der Waals surface area contributed by atoms with E-state index >= 15 is 0 Å². The van der Waals surface area contributed by atoms with Crippen molar-refractivity contribution in [2.45, 2.75) is 73.5 Å². The lowest BCUT2D eigenvalue weighted by Crippen LogP contribution is -2.41. The first-order chi connectivity index (χ1) is 16.9. The van der Waals surface area contributed by atoms with Crippen molar-refractivity contribution in [3.8, 4) is 0 Å². The Morgan fingerprint density at radius 3 is 1.86 bits per heavy atom. The maximum Gasteiger partial charge on any atom is 0.497 e. The SMILES string of the molecule is CC(=Nc1ccccc1B1OC(C)(C)C(C)(C)O1)c1cccc(C(C)=Nc2c(C)cc(C)cc2C)n1. The number of para-hydroxylation sites is 1. The van der Waals surface area contributed by atoms with Gasteiger partial charge < -0.3 is 9.31 Å². The van der Waals surface area contributed by atoms with Crippen LogP contribution in [0.15, 0.2) is 64.6 Å². The lowest BCUT2D eigenvalue weighted by atomic mass is 9.78. The Labute approximate surface area is 215 Å². The highest BCUT2D eigenvalue weighted by molar-refractivity contribution is 6.63. The smallest absolute Gasteiger partial charge is 0.399 e. The average Bonchev–Trinajstić information content (AvgIpc) is 3.03. The van der Waals surface area contributed by atoms with Crippen molar-refractivity contribution in [1.82, 2.24) is 4.98 Å². The predicted molar refractivity (Wildman–Crippen MR) is 151 cm³/mol. The van der Waals surface area contributed by atoms with Gasteiger partial charge in [0, 0.05) is 5.46 Å². The molecule has 0 bridgehead atoms. The first-order valence-corrected chi connectivity index (χ1v) is 12.5. The zero-order valence-electron chi connectivity index (χ0n) is 22.9. The quantitative estimate of drug-likeness (QED) is 0.305. The molecule has 0 unspecified atom stereocenters. The number of hydrogen-bond donors (Lipinski definition) is 0. The number of aryl methyl sites for hydroxylation is 3. The monoisotopic (exact) mass is 481 g/mol. The number of aromatic nitrogens is 1. The molecule has 1 aliphatic heterocycles. The third-order valence-electron chi connectivity index (χ3n) is 7.14. The molecule has 4 rings (SSSR count). The Bertz CT molecular complexity index is 1320. The van der Waals surface area contributed by atoms with Gasteiger partial charge in [0.05, 0.1) is 45.4 Å². The molecule has 0 N–H and O–H groups in total. The van der Waals surface area contributed by atoms with Crippen LogP contribution >= 0.6 is 0 Å². The maximum atomic E-state index is 6.29. The lowest BCUT2D eigenvalue weighted by molar-refractivity contribution is 0.00578. The van der Waals surface area contributed by atoms with E-state index < -0.39 is 18.3 Å². The molecule has 1 saturated heterocycles. The molecule has 1 fully saturated rings. The molecule has 6 heteroatoms. The molecular formula is C30H36BN3O2. The molecule has 3 aromatic rings. The zero-order valence-corrected chi connectivity index (χ0v) is 22.9. The van der Waals surface area contributed by atoms with Crippen LogP contribution in [0, 0.1) is 20.8 Å². The standard InChI is InChI=1S/C30H36BN3O2/c1-19-17-20(2)28(21(3)18-19)33-23(5)26-16-12-15-25(34-26)22(4)32-27-14-11-10-13-24(27)31-35-29(6,7)30(8,9)36-31/h10-18H,1-9H3. The van der Waals surface area contributed by atoms with E-state index in [-0.39, 0.29) is 0 Å². The highest BCUT2D eigenvalue weighted by Gasteiger charge is 2.52. The van der Waals surface area contributed by atoms with Gasteiger partial charge in [0.1, 0.15) is 0 Å². The van der Waals surface area contributed by atoms with E-state index in [2.05, 4.69) is 60.6 Å². The van der Waals surface area contributed by atoms with Crippen molar-refractivity contribution < 1.29 is 9.31 Å². The second-order valence-corrected chi connectivity index (χ2v) is 10.7. The van der Waals surface area contributed by atoms with Crippen LogP contribution in [-0.4, -0.2) is 34.7 Å². The molecule has 1 aromatic heterocycles. The topological polar surface area (TPSA) is 56.1 Å². The van der Waals surface area contributed by atoms with E-state index in [4.69, 9.17) is 24.3 Å². The van der Waals surface area contributed by atoms with Crippen molar-refractivity contribution in [2.75, 3.05) is 0 Å². The molecule has 186 valence electrons. The number of hydrogen-bond acceptors (Lipinski definition) is 5. The van der Waals surface area contributed by atoms with Gasteiger partial charge in [-0.25, -0.2) is 4.98 Å². The number of rotatable bonds is 5. The Balaban J connectivity index is 1.65. The Morgan fingerprint density at radius 2 is 1.28 bits per heavy atom. The van der Waals surface area contributed by atoms with Crippen molar-refractivity contribution >= 4 is 35.4 Å². The van der Waals surface area contributed by atoms with Crippen LogP contribution in [0.5, 0.6) is 0 Å². The Morgan fingerprint density at radius 1 is 0.750 bits per heavy atom. The molecule has 2 heterocycles. The first-order valence-electron chi connectivity index (χ1n) is 12.5. The van der Waals surface area contributed by atoms with Gasteiger partial charge in [-0.1, -0.05) is 42.0 Å². The van der Waals surface area contributed by atoms with Crippen molar-refractivity contribution in [1.29, 1.82) is 0 Å². The summed E-state index contributed by atoms with van der Waals surface area (Å²) in [6.07, 6.45) is 0. The second kappa shape index (κ2) is 9.76. The number of benzene rings is 2. The summed E-state index contributed by atoms with van der Waals surface area (Å²) in [6.45, 7) is 18.5. The summed E-state index contributed by atoms with van der Waals surface area (Å²) in [7, 11) is -0.475.